The molecule has 1 heterocycles. The van der Waals surface area contributed by atoms with Crippen molar-refractivity contribution in [2.75, 3.05) is 32.0 Å². The van der Waals surface area contributed by atoms with Crippen LogP contribution in [0.3, 0.4) is 0 Å². The largest absolute Gasteiger partial charge is 0.355 e. The van der Waals surface area contributed by atoms with Gasteiger partial charge in [-0.15, -0.1) is 0 Å². The number of nitrogens with one attached hydrogen (secondary N) is 3. The summed E-state index contributed by atoms with van der Waals surface area (Å²) in [4.78, 5) is 38.1. The number of amides is 3. The topological polar surface area (TPSA) is 90.5 Å². The third kappa shape index (κ3) is 5.87. The van der Waals surface area contributed by atoms with Crippen molar-refractivity contribution < 1.29 is 18.8 Å². The molecule has 3 N–H and O–H groups in total. The van der Waals surface area contributed by atoms with Gasteiger partial charge in [-0.3, -0.25) is 19.3 Å². The third-order valence-corrected chi connectivity index (χ3v) is 5.05. The molecule has 0 aliphatic carbocycles. The Morgan fingerprint density at radius 3 is 2.10 bits per heavy atom. The van der Waals surface area contributed by atoms with E-state index in [2.05, 4.69) is 16.0 Å². The minimum Gasteiger partial charge on any atom is -0.355 e. The van der Waals surface area contributed by atoms with E-state index >= 15 is 0 Å². The molecule has 2 aromatic carbocycles. The lowest BCUT2D eigenvalue weighted by Gasteiger charge is -2.31. The van der Waals surface area contributed by atoms with Crippen LogP contribution in [0.5, 0.6) is 0 Å². The number of piperidine rings is 1. The Morgan fingerprint density at radius 1 is 0.933 bits per heavy atom. The molecule has 1 fully saturated rings. The normalized spacial score (nSPS) is 14.7. The SMILES string of the molecule is CNC(=O)c1ccc(NC(=O)CN2CCC(NC(=O)c3ccc(F)cc3)CC2)cc1. The average Bonchev–Trinajstić information content (AvgIpc) is 2.75. The van der Waals surface area contributed by atoms with Crippen LogP contribution < -0.4 is 16.0 Å². The van der Waals surface area contributed by atoms with Crippen LogP contribution in [0.15, 0.2) is 48.5 Å². The molecular weight excluding hydrogens is 387 g/mol. The molecule has 0 saturated carbocycles. The summed E-state index contributed by atoms with van der Waals surface area (Å²) in [6.45, 7) is 1.64. The second kappa shape index (κ2) is 9.98. The van der Waals surface area contributed by atoms with E-state index in [1.807, 2.05) is 4.90 Å². The molecule has 0 atom stereocenters. The summed E-state index contributed by atoms with van der Waals surface area (Å²) < 4.78 is 13.0. The molecule has 0 spiro atoms. The molecular formula is C22H25FN4O3. The van der Waals surface area contributed by atoms with E-state index in [9.17, 15) is 18.8 Å². The van der Waals surface area contributed by atoms with E-state index in [0.29, 0.717) is 29.9 Å². The maximum absolute atomic E-state index is 13.0. The maximum Gasteiger partial charge on any atom is 0.251 e. The van der Waals surface area contributed by atoms with Crippen LogP contribution in [-0.4, -0.2) is 55.3 Å². The first-order valence-corrected chi connectivity index (χ1v) is 9.85. The molecule has 7 nitrogen and oxygen atoms in total. The predicted octanol–water partition coefficient (Wildman–Crippen LogP) is 2.02. The van der Waals surface area contributed by atoms with Crippen LogP contribution in [0.1, 0.15) is 33.6 Å². The Morgan fingerprint density at radius 2 is 1.50 bits per heavy atom. The number of benzene rings is 2. The van der Waals surface area contributed by atoms with E-state index in [-0.39, 0.29) is 36.1 Å². The van der Waals surface area contributed by atoms with Crippen LogP contribution in [0.4, 0.5) is 10.1 Å². The van der Waals surface area contributed by atoms with Gasteiger partial charge in [-0.1, -0.05) is 0 Å². The summed E-state index contributed by atoms with van der Waals surface area (Å²) >= 11 is 0. The van der Waals surface area contributed by atoms with Crippen LogP contribution in [0.2, 0.25) is 0 Å². The Kier molecular flexibility index (Phi) is 7.13. The van der Waals surface area contributed by atoms with Gasteiger partial charge in [0, 0.05) is 43.0 Å². The van der Waals surface area contributed by atoms with Gasteiger partial charge in [0.05, 0.1) is 6.54 Å². The molecule has 2 aromatic rings. The third-order valence-electron chi connectivity index (χ3n) is 5.05. The van der Waals surface area contributed by atoms with Crippen molar-refractivity contribution in [3.8, 4) is 0 Å². The fourth-order valence-electron chi connectivity index (χ4n) is 3.36. The van der Waals surface area contributed by atoms with Crippen LogP contribution in [-0.2, 0) is 4.79 Å². The van der Waals surface area contributed by atoms with Gasteiger partial charge in [-0.05, 0) is 61.4 Å². The highest BCUT2D eigenvalue weighted by Crippen LogP contribution is 2.13. The summed E-state index contributed by atoms with van der Waals surface area (Å²) in [6, 6.07) is 12.2. The monoisotopic (exact) mass is 412 g/mol. The number of carbonyl (C=O) groups is 3. The smallest absolute Gasteiger partial charge is 0.251 e. The number of carbonyl (C=O) groups excluding carboxylic acids is 3. The van der Waals surface area contributed by atoms with Gasteiger partial charge in [-0.25, -0.2) is 4.39 Å². The van der Waals surface area contributed by atoms with Crippen molar-refractivity contribution in [2.24, 2.45) is 0 Å². The zero-order valence-electron chi connectivity index (χ0n) is 16.8. The van der Waals surface area contributed by atoms with Crippen molar-refractivity contribution >= 4 is 23.4 Å². The lowest BCUT2D eigenvalue weighted by atomic mass is 10.0. The van der Waals surface area contributed by atoms with Gasteiger partial charge in [0.1, 0.15) is 5.82 Å². The summed E-state index contributed by atoms with van der Waals surface area (Å²) in [5, 5.41) is 8.34. The summed E-state index contributed by atoms with van der Waals surface area (Å²) in [5.74, 6) is -0.898. The molecule has 1 aliphatic rings. The number of anilines is 1. The standard InChI is InChI=1S/C22H25FN4O3/c1-24-21(29)15-4-8-18(9-5-15)25-20(28)14-27-12-10-19(11-13-27)26-22(30)16-2-6-17(23)7-3-16/h2-9,19H,10-14H2,1H3,(H,24,29)(H,25,28)(H,26,30). The van der Waals surface area contributed by atoms with Crippen molar-refractivity contribution in [2.45, 2.75) is 18.9 Å². The predicted molar refractivity (Wildman–Crippen MR) is 112 cm³/mol. The minimum absolute atomic E-state index is 0.0270. The first kappa shape index (κ1) is 21.4. The molecule has 8 heteroatoms. The molecule has 30 heavy (non-hydrogen) atoms. The highest BCUT2D eigenvalue weighted by atomic mass is 19.1. The fraction of sp³-hybridized carbons (Fsp3) is 0.318. The lowest BCUT2D eigenvalue weighted by molar-refractivity contribution is -0.117. The molecule has 3 amide bonds. The van der Waals surface area contributed by atoms with Crippen molar-refractivity contribution in [1.29, 1.82) is 0 Å². The van der Waals surface area contributed by atoms with Gasteiger partial charge in [0.25, 0.3) is 11.8 Å². The number of hydrogen-bond donors (Lipinski definition) is 3. The van der Waals surface area contributed by atoms with Gasteiger partial charge in [-0.2, -0.15) is 0 Å². The van der Waals surface area contributed by atoms with Crippen LogP contribution >= 0.6 is 0 Å². The second-order valence-corrected chi connectivity index (χ2v) is 7.24. The second-order valence-electron chi connectivity index (χ2n) is 7.24. The highest BCUT2D eigenvalue weighted by Gasteiger charge is 2.22. The van der Waals surface area contributed by atoms with E-state index in [1.54, 1.807) is 31.3 Å². The zero-order chi connectivity index (χ0) is 21.5. The van der Waals surface area contributed by atoms with E-state index in [4.69, 9.17) is 0 Å². The molecule has 0 bridgehead atoms. The van der Waals surface area contributed by atoms with E-state index in [1.165, 1.54) is 24.3 Å². The number of likely N-dealkylation sites (tertiary alicyclic amines) is 1. The average molecular weight is 412 g/mol. The number of rotatable bonds is 6. The Balaban J connectivity index is 1.41. The number of nitrogens with zero attached hydrogens (tertiary/aromatic N) is 1. The van der Waals surface area contributed by atoms with E-state index < -0.39 is 0 Å². The van der Waals surface area contributed by atoms with Gasteiger partial charge >= 0.3 is 0 Å². The Hall–Kier alpha value is -3.26. The van der Waals surface area contributed by atoms with Gasteiger partial charge < -0.3 is 16.0 Å². The lowest BCUT2D eigenvalue weighted by Crippen LogP contribution is -2.46. The molecule has 3 rings (SSSR count). The minimum atomic E-state index is -0.375. The first-order valence-electron chi connectivity index (χ1n) is 9.85. The summed E-state index contributed by atoms with van der Waals surface area (Å²) in [7, 11) is 1.56. The van der Waals surface area contributed by atoms with Crippen molar-refractivity contribution in [1.82, 2.24) is 15.5 Å². The maximum atomic E-state index is 13.0. The Labute approximate surface area is 174 Å². The summed E-state index contributed by atoms with van der Waals surface area (Å²) in [6.07, 6.45) is 1.47. The summed E-state index contributed by atoms with van der Waals surface area (Å²) in [5.41, 5.74) is 1.59. The quantitative estimate of drug-likeness (QED) is 0.677. The van der Waals surface area contributed by atoms with Gasteiger partial charge in [0.15, 0.2) is 0 Å². The van der Waals surface area contributed by atoms with Crippen LogP contribution in [0.25, 0.3) is 0 Å². The van der Waals surface area contributed by atoms with Crippen molar-refractivity contribution in [3.05, 3.63) is 65.5 Å². The number of hydrogen-bond acceptors (Lipinski definition) is 4. The molecule has 1 saturated heterocycles. The van der Waals surface area contributed by atoms with E-state index in [0.717, 1.165) is 12.8 Å². The van der Waals surface area contributed by atoms with Crippen LogP contribution in [0, 0.1) is 5.82 Å². The zero-order valence-corrected chi connectivity index (χ0v) is 16.8. The number of halogens is 1. The fourth-order valence-corrected chi connectivity index (χ4v) is 3.36. The Bertz CT molecular complexity index is 892. The first-order chi connectivity index (χ1) is 14.4. The van der Waals surface area contributed by atoms with Gasteiger partial charge in [0.2, 0.25) is 5.91 Å². The molecule has 158 valence electrons. The van der Waals surface area contributed by atoms with Crippen molar-refractivity contribution in [3.63, 3.8) is 0 Å². The molecule has 0 radical (unpaired) electrons. The molecule has 0 unspecified atom stereocenters. The molecule has 1 aliphatic heterocycles. The highest BCUT2D eigenvalue weighted by molar-refractivity contribution is 5.96. The molecule has 0 aromatic heterocycles.